The predicted molar refractivity (Wildman–Crippen MR) is 95.8 cm³/mol. The number of carbonyl (C=O) groups is 2. The second-order valence-corrected chi connectivity index (χ2v) is 5.98. The summed E-state index contributed by atoms with van der Waals surface area (Å²) in [5.41, 5.74) is 2.17. The van der Waals surface area contributed by atoms with Crippen LogP contribution in [0.5, 0.6) is 5.75 Å². The van der Waals surface area contributed by atoms with E-state index in [1.165, 1.54) is 0 Å². The maximum absolute atomic E-state index is 12.0. The lowest BCUT2D eigenvalue weighted by atomic mass is 10.2. The van der Waals surface area contributed by atoms with Crippen molar-refractivity contribution in [2.75, 3.05) is 12.4 Å². The smallest absolute Gasteiger partial charge is 0.319 e. The van der Waals surface area contributed by atoms with Crippen molar-refractivity contribution in [1.82, 2.24) is 10.6 Å². The molecule has 3 amide bonds. The van der Waals surface area contributed by atoms with Crippen LogP contribution in [-0.4, -0.2) is 25.1 Å². The van der Waals surface area contributed by atoms with Crippen LogP contribution < -0.4 is 20.7 Å². The van der Waals surface area contributed by atoms with Gasteiger partial charge in [-0.3, -0.25) is 4.79 Å². The van der Waals surface area contributed by atoms with Gasteiger partial charge in [0.25, 0.3) is 5.91 Å². The summed E-state index contributed by atoms with van der Waals surface area (Å²) in [5, 5.41) is 8.46. The van der Waals surface area contributed by atoms with Gasteiger partial charge in [0, 0.05) is 23.8 Å². The average Bonchev–Trinajstić information content (AvgIpc) is 3.44. The molecule has 130 valence electrons. The SMILES string of the molecule is COc1cccc(CNC(=O)Nc2ccc(C(=O)NC3CC3)cc2)c1. The van der Waals surface area contributed by atoms with Crippen molar-refractivity contribution in [3.8, 4) is 5.75 Å². The number of hydrogen-bond donors (Lipinski definition) is 3. The van der Waals surface area contributed by atoms with E-state index in [-0.39, 0.29) is 11.9 Å². The number of benzene rings is 2. The number of anilines is 1. The van der Waals surface area contributed by atoms with Crippen LogP contribution in [0.25, 0.3) is 0 Å². The average molecular weight is 339 g/mol. The van der Waals surface area contributed by atoms with Crippen molar-refractivity contribution >= 4 is 17.6 Å². The first kappa shape index (κ1) is 16.8. The van der Waals surface area contributed by atoms with Crippen molar-refractivity contribution in [2.24, 2.45) is 0 Å². The molecule has 0 radical (unpaired) electrons. The van der Waals surface area contributed by atoms with E-state index in [9.17, 15) is 9.59 Å². The highest BCUT2D eigenvalue weighted by atomic mass is 16.5. The minimum Gasteiger partial charge on any atom is -0.497 e. The van der Waals surface area contributed by atoms with Gasteiger partial charge < -0.3 is 20.7 Å². The van der Waals surface area contributed by atoms with Crippen molar-refractivity contribution in [3.05, 3.63) is 59.7 Å². The number of carbonyl (C=O) groups excluding carboxylic acids is 2. The third-order valence-corrected chi connectivity index (χ3v) is 3.90. The molecule has 3 rings (SSSR count). The van der Waals surface area contributed by atoms with E-state index in [4.69, 9.17) is 4.74 Å². The van der Waals surface area contributed by atoms with Gasteiger partial charge in [-0.2, -0.15) is 0 Å². The summed E-state index contributed by atoms with van der Waals surface area (Å²) < 4.78 is 5.15. The second-order valence-electron chi connectivity index (χ2n) is 5.98. The lowest BCUT2D eigenvalue weighted by Crippen LogP contribution is -2.28. The molecule has 0 atom stereocenters. The fourth-order valence-electron chi connectivity index (χ4n) is 2.34. The summed E-state index contributed by atoms with van der Waals surface area (Å²) in [5.74, 6) is 0.677. The van der Waals surface area contributed by atoms with E-state index in [1.807, 2.05) is 24.3 Å². The Bertz CT molecular complexity index is 755. The summed E-state index contributed by atoms with van der Waals surface area (Å²) >= 11 is 0. The Morgan fingerprint density at radius 1 is 1.12 bits per heavy atom. The lowest BCUT2D eigenvalue weighted by molar-refractivity contribution is 0.0951. The first-order valence-electron chi connectivity index (χ1n) is 8.23. The van der Waals surface area contributed by atoms with Crippen LogP contribution in [0.15, 0.2) is 48.5 Å². The van der Waals surface area contributed by atoms with Gasteiger partial charge in [0.05, 0.1) is 7.11 Å². The number of rotatable bonds is 6. The van der Waals surface area contributed by atoms with Crippen LogP contribution in [0.1, 0.15) is 28.8 Å². The molecule has 0 saturated heterocycles. The van der Waals surface area contributed by atoms with E-state index in [0.29, 0.717) is 23.8 Å². The highest BCUT2D eigenvalue weighted by Gasteiger charge is 2.23. The quantitative estimate of drug-likeness (QED) is 0.757. The molecule has 3 N–H and O–H groups in total. The highest BCUT2D eigenvalue weighted by molar-refractivity contribution is 5.95. The highest BCUT2D eigenvalue weighted by Crippen LogP contribution is 2.19. The van der Waals surface area contributed by atoms with Crippen LogP contribution in [0.3, 0.4) is 0 Å². The maximum atomic E-state index is 12.0. The summed E-state index contributed by atoms with van der Waals surface area (Å²) in [7, 11) is 1.60. The maximum Gasteiger partial charge on any atom is 0.319 e. The molecule has 1 aliphatic rings. The zero-order valence-electron chi connectivity index (χ0n) is 14.0. The molecular formula is C19H21N3O3. The Kier molecular flexibility index (Phi) is 5.18. The van der Waals surface area contributed by atoms with Gasteiger partial charge in [0.1, 0.15) is 5.75 Å². The molecule has 1 fully saturated rings. The van der Waals surface area contributed by atoms with Gasteiger partial charge in [0.2, 0.25) is 0 Å². The van der Waals surface area contributed by atoms with Gasteiger partial charge >= 0.3 is 6.03 Å². The monoisotopic (exact) mass is 339 g/mol. The number of methoxy groups -OCH3 is 1. The van der Waals surface area contributed by atoms with E-state index >= 15 is 0 Å². The van der Waals surface area contributed by atoms with Gasteiger partial charge in [-0.25, -0.2) is 4.79 Å². The zero-order chi connectivity index (χ0) is 17.6. The van der Waals surface area contributed by atoms with Crippen LogP contribution >= 0.6 is 0 Å². The minimum absolute atomic E-state index is 0.0727. The molecule has 2 aromatic rings. The normalized spacial score (nSPS) is 13.0. The zero-order valence-corrected chi connectivity index (χ0v) is 14.0. The largest absolute Gasteiger partial charge is 0.497 e. The topological polar surface area (TPSA) is 79.5 Å². The first-order chi connectivity index (χ1) is 12.1. The molecule has 2 aromatic carbocycles. The molecule has 6 nitrogen and oxygen atoms in total. The minimum atomic E-state index is -0.307. The van der Waals surface area contributed by atoms with Gasteiger partial charge in [0.15, 0.2) is 0 Å². The molecule has 0 spiro atoms. The summed E-state index contributed by atoms with van der Waals surface area (Å²) in [6.45, 7) is 0.394. The van der Waals surface area contributed by atoms with Crippen molar-refractivity contribution in [2.45, 2.75) is 25.4 Å². The third kappa shape index (κ3) is 4.97. The molecule has 25 heavy (non-hydrogen) atoms. The van der Waals surface area contributed by atoms with E-state index < -0.39 is 0 Å². The second kappa shape index (κ2) is 7.70. The van der Waals surface area contributed by atoms with Crippen LogP contribution in [0.2, 0.25) is 0 Å². The molecule has 0 aromatic heterocycles. The molecule has 1 aliphatic carbocycles. The Balaban J connectivity index is 1.49. The standard InChI is InChI=1S/C19H21N3O3/c1-25-17-4-2-3-13(11-17)12-20-19(24)22-16-7-5-14(6-8-16)18(23)21-15-9-10-15/h2-8,11,15H,9-10,12H2,1H3,(H,21,23)(H2,20,22,24). The van der Waals surface area contributed by atoms with Gasteiger partial charge in [-0.1, -0.05) is 12.1 Å². The van der Waals surface area contributed by atoms with E-state index in [0.717, 1.165) is 24.2 Å². The summed E-state index contributed by atoms with van der Waals surface area (Å²) in [4.78, 5) is 23.9. The fourth-order valence-corrected chi connectivity index (χ4v) is 2.34. The number of amides is 3. The summed E-state index contributed by atoms with van der Waals surface area (Å²) in [6, 6.07) is 14.4. The Labute approximate surface area is 146 Å². The summed E-state index contributed by atoms with van der Waals surface area (Å²) in [6.07, 6.45) is 2.11. The number of nitrogens with one attached hydrogen (secondary N) is 3. The molecule has 0 aliphatic heterocycles. The Morgan fingerprint density at radius 3 is 2.56 bits per heavy atom. The molecule has 0 heterocycles. The lowest BCUT2D eigenvalue weighted by Gasteiger charge is -2.09. The number of hydrogen-bond acceptors (Lipinski definition) is 3. The Hall–Kier alpha value is -3.02. The van der Waals surface area contributed by atoms with E-state index in [2.05, 4.69) is 16.0 Å². The molecule has 0 unspecified atom stereocenters. The Morgan fingerprint density at radius 2 is 1.88 bits per heavy atom. The van der Waals surface area contributed by atoms with Crippen LogP contribution in [-0.2, 0) is 6.54 Å². The molecule has 1 saturated carbocycles. The third-order valence-electron chi connectivity index (χ3n) is 3.90. The molecule has 0 bridgehead atoms. The first-order valence-corrected chi connectivity index (χ1v) is 8.23. The van der Waals surface area contributed by atoms with Crippen molar-refractivity contribution in [3.63, 3.8) is 0 Å². The molecular weight excluding hydrogens is 318 g/mol. The van der Waals surface area contributed by atoms with Crippen molar-refractivity contribution in [1.29, 1.82) is 0 Å². The van der Waals surface area contributed by atoms with Crippen molar-refractivity contribution < 1.29 is 14.3 Å². The number of ether oxygens (including phenoxy) is 1. The van der Waals surface area contributed by atoms with Gasteiger partial charge in [-0.15, -0.1) is 0 Å². The van der Waals surface area contributed by atoms with E-state index in [1.54, 1.807) is 31.4 Å². The number of urea groups is 1. The fraction of sp³-hybridized carbons (Fsp3) is 0.263. The predicted octanol–water partition coefficient (Wildman–Crippen LogP) is 2.91. The van der Waals surface area contributed by atoms with Gasteiger partial charge in [-0.05, 0) is 54.8 Å². The molecule has 6 heteroatoms. The van der Waals surface area contributed by atoms with Crippen LogP contribution in [0.4, 0.5) is 10.5 Å². The van der Waals surface area contributed by atoms with Crippen LogP contribution in [0, 0.1) is 0 Å².